The van der Waals surface area contributed by atoms with Gasteiger partial charge in [0.25, 0.3) is 11.9 Å². The number of anilines is 1. The molecule has 124 valence electrons. The molecule has 0 spiro atoms. The fraction of sp³-hybridized carbons (Fsp3) is 0.571. The second kappa shape index (κ2) is 6.50. The number of nitrogens with zero attached hydrogens (tertiary/aromatic N) is 2. The number of aromatic nitrogens is 1. The number of carbonyl (C=O) groups is 1. The fourth-order valence-corrected chi connectivity index (χ4v) is 1.77. The molecule has 8 heteroatoms. The zero-order valence-electron chi connectivity index (χ0n) is 13.0. The Kier molecular flexibility index (Phi) is 5.37. The first-order chi connectivity index (χ1) is 9.94. The van der Waals surface area contributed by atoms with Gasteiger partial charge in [0.2, 0.25) is 11.6 Å². The molecule has 0 aliphatic heterocycles. The van der Waals surface area contributed by atoms with E-state index in [4.69, 9.17) is 4.74 Å². The van der Waals surface area contributed by atoms with Crippen LogP contribution in [-0.4, -0.2) is 29.6 Å². The molecule has 1 heterocycles. The second-order valence-electron chi connectivity index (χ2n) is 5.92. The van der Waals surface area contributed by atoms with Crippen LogP contribution in [0.1, 0.15) is 34.1 Å². The Morgan fingerprint density at radius 2 is 1.64 bits per heavy atom. The number of hydrogen-bond donors (Lipinski definition) is 0. The molecule has 1 aromatic rings. The average molecular weight is 322 g/mol. The van der Waals surface area contributed by atoms with Crippen LogP contribution in [-0.2, 0) is 9.53 Å². The van der Waals surface area contributed by atoms with Gasteiger partial charge in [-0.05, 0) is 27.7 Å². The van der Waals surface area contributed by atoms with E-state index in [0.29, 0.717) is 0 Å². The summed E-state index contributed by atoms with van der Waals surface area (Å²) < 4.78 is 58.6. The molecule has 0 N–H and O–H groups in total. The molecule has 1 rings (SSSR count). The number of pyridine rings is 1. The smallest absolute Gasteiger partial charge is 0.308 e. The van der Waals surface area contributed by atoms with E-state index in [1.165, 1.54) is 14.0 Å². The first-order valence-electron chi connectivity index (χ1n) is 6.58. The lowest BCUT2D eigenvalue weighted by Crippen LogP contribution is -2.35. The van der Waals surface area contributed by atoms with Crippen LogP contribution in [0.25, 0.3) is 0 Å². The summed E-state index contributed by atoms with van der Waals surface area (Å²) >= 11 is 0. The van der Waals surface area contributed by atoms with E-state index in [-0.39, 0.29) is 6.42 Å². The third kappa shape index (κ3) is 4.32. The molecule has 0 unspecified atom stereocenters. The van der Waals surface area contributed by atoms with Gasteiger partial charge in [-0.25, -0.2) is 0 Å². The first kappa shape index (κ1) is 18.2. The van der Waals surface area contributed by atoms with E-state index < -0.39 is 46.8 Å². The summed E-state index contributed by atoms with van der Waals surface area (Å²) in [5.41, 5.74) is -1.62. The summed E-state index contributed by atoms with van der Waals surface area (Å²) in [7, 11) is 1.22. The highest BCUT2D eigenvalue weighted by atomic mass is 19.2. The number of esters is 1. The van der Waals surface area contributed by atoms with Crippen molar-refractivity contribution >= 4 is 11.7 Å². The van der Waals surface area contributed by atoms with Gasteiger partial charge in [0.15, 0.2) is 0 Å². The lowest BCUT2D eigenvalue weighted by molar-refractivity contribution is -0.155. The van der Waals surface area contributed by atoms with Crippen molar-refractivity contribution in [3.05, 3.63) is 23.5 Å². The first-order valence-corrected chi connectivity index (χ1v) is 6.58. The molecule has 0 amide bonds. The molecule has 1 atom stereocenters. The molecule has 0 saturated heterocycles. The van der Waals surface area contributed by atoms with Crippen LogP contribution in [0.3, 0.4) is 0 Å². The summed E-state index contributed by atoms with van der Waals surface area (Å²) in [6.07, 6.45) is -0.210. The standard InChI is InChI=1S/C14H18F4N2O2/c1-7(6-8(21)22-14(2,3)4)20(5)11-9(15)12(17)19-13(18)10(11)16/h7H,6H2,1-5H3/t7-/m1/s1. The fourth-order valence-electron chi connectivity index (χ4n) is 1.77. The van der Waals surface area contributed by atoms with Crippen molar-refractivity contribution in [3.63, 3.8) is 0 Å². The van der Waals surface area contributed by atoms with Crippen molar-refractivity contribution in [1.29, 1.82) is 0 Å². The van der Waals surface area contributed by atoms with Gasteiger partial charge in [0, 0.05) is 13.1 Å². The second-order valence-corrected chi connectivity index (χ2v) is 5.92. The Bertz CT molecular complexity index is 547. The number of rotatable bonds is 4. The molecule has 0 aliphatic rings. The normalized spacial score (nSPS) is 13.0. The maximum Gasteiger partial charge on any atom is 0.308 e. The number of halogens is 4. The van der Waals surface area contributed by atoms with Crippen LogP contribution in [0.2, 0.25) is 0 Å². The number of carbonyl (C=O) groups excluding carboxylic acids is 1. The minimum Gasteiger partial charge on any atom is -0.460 e. The zero-order chi connectivity index (χ0) is 17.2. The summed E-state index contributed by atoms with van der Waals surface area (Å²) in [4.78, 5) is 15.1. The van der Waals surface area contributed by atoms with Gasteiger partial charge in [-0.3, -0.25) is 4.79 Å². The molecule has 1 aromatic heterocycles. The highest BCUT2D eigenvalue weighted by Crippen LogP contribution is 2.27. The molecule has 0 saturated carbocycles. The topological polar surface area (TPSA) is 42.4 Å². The molecule has 0 aromatic carbocycles. The molecular weight excluding hydrogens is 304 g/mol. The maximum absolute atomic E-state index is 13.7. The van der Waals surface area contributed by atoms with E-state index in [0.717, 1.165) is 4.90 Å². The van der Waals surface area contributed by atoms with Crippen LogP contribution in [0.15, 0.2) is 0 Å². The molecule has 0 radical (unpaired) electrons. The van der Waals surface area contributed by atoms with Crippen LogP contribution < -0.4 is 4.90 Å². The van der Waals surface area contributed by atoms with Crippen molar-refractivity contribution in [2.75, 3.05) is 11.9 Å². The van der Waals surface area contributed by atoms with Crippen molar-refractivity contribution in [3.8, 4) is 0 Å². The van der Waals surface area contributed by atoms with Gasteiger partial charge in [-0.2, -0.15) is 22.5 Å². The highest BCUT2D eigenvalue weighted by Gasteiger charge is 2.28. The van der Waals surface area contributed by atoms with Gasteiger partial charge < -0.3 is 9.64 Å². The Balaban J connectivity index is 2.97. The minimum absolute atomic E-state index is 0.210. The predicted molar refractivity (Wildman–Crippen MR) is 72.4 cm³/mol. The van der Waals surface area contributed by atoms with E-state index in [9.17, 15) is 22.4 Å². The maximum atomic E-state index is 13.7. The predicted octanol–water partition coefficient (Wildman–Crippen LogP) is 3.19. The Hall–Kier alpha value is -1.86. The molecule has 0 aliphatic carbocycles. The van der Waals surface area contributed by atoms with Gasteiger partial charge in [0.1, 0.15) is 11.3 Å². The summed E-state index contributed by atoms with van der Waals surface area (Å²) in [6.45, 7) is 6.49. The monoisotopic (exact) mass is 322 g/mol. The number of ether oxygens (including phenoxy) is 1. The molecule has 0 fully saturated rings. The third-order valence-electron chi connectivity index (χ3n) is 2.87. The van der Waals surface area contributed by atoms with E-state index >= 15 is 0 Å². The van der Waals surface area contributed by atoms with Gasteiger partial charge in [-0.1, -0.05) is 0 Å². The zero-order valence-corrected chi connectivity index (χ0v) is 13.0. The Morgan fingerprint density at radius 3 is 2.05 bits per heavy atom. The van der Waals surface area contributed by atoms with Crippen LogP contribution in [0, 0.1) is 23.5 Å². The Labute approximate surface area is 126 Å². The van der Waals surface area contributed by atoms with Crippen molar-refractivity contribution in [2.45, 2.75) is 45.8 Å². The Morgan fingerprint density at radius 1 is 1.18 bits per heavy atom. The van der Waals surface area contributed by atoms with Crippen molar-refractivity contribution in [2.24, 2.45) is 0 Å². The molecular formula is C14H18F4N2O2. The highest BCUT2D eigenvalue weighted by molar-refractivity contribution is 5.71. The largest absolute Gasteiger partial charge is 0.460 e. The van der Waals surface area contributed by atoms with Crippen molar-refractivity contribution in [1.82, 2.24) is 4.98 Å². The quantitative estimate of drug-likeness (QED) is 0.485. The molecule has 4 nitrogen and oxygen atoms in total. The van der Waals surface area contributed by atoms with E-state index in [2.05, 4.69) is 4.98 Å². The number of hydrogen-bond acceptors (Lipinski definition) is 4. The van der Waals surface area contributed by atoms with Crippen LogP contribution in [0.4, 0.5) is 23.2 Å². The van der Waals surface area contributed by atoms with E-state index in [1.807, 2.05) is 0 Å². The van der Waals surface area contributed by atoms with Crippen molar-refractivity contribution < 1.29 is 27.1 Å². The lowest BCUT2D eigenvalue weighted by Gasteiger charge is -2.28. The molecule has 22 heavy (non-hydrogen) atoms. The van der Waals surface area contributed by atoms with E-state index in [1.54, 1.807) is 20.8 Å². The summed E-state index contributed by atoms with van der Waals surface area (Å²) in [5, 5.41) is 0. The average Bonchev–Trinajstić information content (AvgIpc) is 2.34. The van der Waals surface area contributed by atoms with Gasteiger partial charge in [0.05, 0.1) is 6.42 Å². The minimum atomic E-state index is -1.75. The lowest BCUT2D eigenvalue weighted by atomic mass is 10.1. The molecule has 0 bridgehead atoms. The van der Waals surface area contributed by atoms with Gasteiger partial charge >= 0.3 is 5.97 Å². The SMILES string of the molecule is C[C@H](CC(=O)OC(C)(C)C)N(C)c1c(F)c(F)nc(F)c1F. The van der Waals surface area contributed by atoms with Crippen LogP contribution in [0.5, 0.6) is 0 Å². The summed E-state index contributed by atoms with van der Waals surface area (Å²) in [5.74, 6) is -7.31. The van der Waals surface area contributed by atoms with Gasteiger partial charge in [-0.15, -0.1) is 0 Å². The van der Waals surface area contributed by atoms with Crippen LogP contribution >= 0.6 is 0 Å². The third-order valence-corrected chi connectivity index (χ3v) is 2.87. The summed E-state index contributed by atoms with van der Waals surface area (Å²) in [6, 6.07) is -0.750.